The number of amides is 1. The van der Waals surface area contributed by atoms with Gasteiger partial charge < -0.3 is 9.47 Å². The van der Waals surface area contributed by atoms with Gasteiger partial charge in [-0.05, 0) is 43.9 Å². The summed E-state index contributed by atoms with van der Waals surface area (Å²) in [5.41, 5.74) is -1.84. The molecule has 2 aliphatic rings. The van der Waals surface area contributed by atoms with E-state index < -0.39 is 17.5 Å². The number of halogens is 4. The van der Waals surface area contributed by atoms with Crippen LogP contribution in [0.1, 0.15) is 47.5 Å². The zero-order chi connectivity index (χ0) is 22.2. The first-order chi connectivity index (χ1) is 14.7. The van der Waals surface area contributed by atoms with Crippen molar-refractivity contribution in [1.29, 1.82) is 0 Å². The highest BCUT2D eigenvalue weighted by Gasteiger charge is 2.61. The molecule has 1 unspecified atom stereocenters. The molecular weight excluding hydrogens is 455 g/mol. The van der Waals surface area contributed by atoms with Gasteiger partial charge in [-0.3, -0.25) is 4.79 Å². The van der Waals surface area contributed by atoms with E-state index in [0.29, 0.717) is 18.1 Å². The van der Waals surface area contributed by atoms with Gasteiger partial charge in [-0.25, -0.2) is 4.68 Å². The van der Waals surface area contributed by atoms with E-state index in [2.05, 4.69) is 10.1 Å². The zero-order valence-electron chi connectivity index (χ0n) is 16.7. The molecule has 6 nitrogen and oxygen atoms in total. The highest BCUT2D eigenvalue weighted by molar-refractivity contribution is 7.09. The SMILES string of the molecule is COc1ccc(Cl)cc1C(=O)/N=c1\sc(C2(C(F)(F)F)CCC2)nn1CC1CCCO1. The van der Waals surface area contributed by atoms with Crippen molar-refractivity contribution in [3.8, 4) is 5.75 Å². The van der Waals surface area contributed by atoms with Crippen LogP contribution >= 0.6 is 22.9 Å². The maximum atomic E-state index is 13.9. The Bertz CT molecular complexity index is 1040. The molecule has 1 aliphatic heterocycles. The molecule has 11 heteroatoms. The number of rotatable bonds is 5. The minimum atomic E-state index is -4.41. The van der Waals surface area contributed by atoms with E-state index in [-0.39, 0.29) is 46.6 Å². The van der Waals surface area contributed by atoms with Crippen LogP contribution < -0.4 is 9.54 Å². The summed E-state index contributed by atoms with van der Waals surface area (Å²) in [5.74, 6) is -0.385. The molecule has 0 spiro atoms. The van der Waals surface area contributed by atoms with Crippen LogP contribution in [0.3, 0.4) is 0 Å². The van der Waals surface area contributed by atoms with E-state index in [0.717, 1.165) is 24.2 Å². The maximum Gasteiger partial charge on any atom is 0.400 e. The second kappa shape index (κ2) is 8.55. The summed E-state index contributed by atoms with van der Waals surface area (Å²) in [6.07, 6.45) is -2.48. The van der Waals surface area contributed by atoms with Crippen molar-refractivity contribution in [2.45, 2.75) is 56.3 Å². The Morgan fingerprint density at radius 1 is 1.42 bits per heavy atom. The quantitative estimate of drug-likeness (QED) is 0.638. The average molecular weight is 476 g/mol. The Kier molecular flexibility index (Phi) is 6.15. The largest absolute Gasteiger partial charge is 0.496 e. The van der Waals surface area contributed by atoms with Crippen LogP contribution in [0.2, 0.25) is 5.02 Å². The molecule has 1 aromatic heterocycles. The first kappa shape index (κ1) is 22.3. The van der Waals surface area contributed by atoms with Crippen molar-refractivity contribution in [3.63, 3.8) is 0 Å². The van der Waals surface area contributed by atoms with E-state index in [1.165, 1.54) is 23.9 Å². The van der Waals surface area contributed by atoms with Crippen LogP contribution in [-0.4, -0.2) is 41.7 Å². The fraction of sp³-hybridized carbons (Fsp3) is 0.550. The molecule has 1 atom stereocenters. The summed E-state index contributed by atoms with van der Waals surface area (Å²) in [4.78, 5) is 17.1. The van der Waals surface area contributed by atoms with E-state index in [9.17, 15) is 18.0 Å². The standard InChI is InChI=1S/C20H21ClF3N3O3S/c1-29-15-6-5-12(21)10-14(15)16(28)25-18-27(11-13-4-2-9-30-13)26-17(31-18)19(7-3-8-19)20(22,23)24/h5-6,10,13H,2-4,7-9,11H2,1H3/b25-18-. The van der Waals surface area contributed by atoms with Crippen LogP contribution in [0.25, 0.3) is 0 Å². The van der Waals surface area contributed by atoms with E-state index in [1.54, 1.807) is 6.07 Å². The zero-order valence-corrected chi connectivity index (χ0v) is 18.3. The number of benzene rings is 1. The highest BCUT2D eigenvalue weighted by Crippen LogP contribution is 2.54. The number of hydrogen-bond donors (Lipinski definition) is 0. The van der Waals surface area contributed by atoms with Crippen molar-refractivity contribution < 1.29 is 27.4 Å². The van der Waals surface area contributed by atoms with Crippen molar-refractivity contribution in [3.05, 3.63) is 38.6 Å². The molecule has 2 aromatic rings. The third-order valence-electron chi connectivity index (χ3n) is 5.77. The van der Waals surface area contributed by atoms with Crippen LogP contribution in [0.15, 0.2) is 23.2 Å². The van der Waals surface area contributed by atoms with Gasteiger partial charge in [0, 0.05) is 11.6 Å². The van der Waals surface area contributed by atoms with Gasteiger partial charge in [-0.2, -0.15) is 23.3 Å². The van der Waals surface area contributed by atoms with Gasteiger partial charge in [0.2, 0.25) is 4.80 Å². The topological polar surface area (TPSA) is 65.7 Å². The number of alkyl halides is 3. The van der Waals surface area contributed by atoms with Crippen LogP contribution in [0.4, 0.5) is 13.2 Å². The normalized spacial score (nSPS) is 21.2. The summed E-state index contributed by atoms with van der Waals surface area (Å²) in [6, 6.07) is 4.53. The van der Waals surface area contributed by atoms with Crippen molar-refractivity contribution in [2.24, 2.45) is 4.99 Å². The second-order valence-electron chi connectivity index (χ2n) is 7.70. The molecule has 168 valence electrons. The molecule has 4 rings (SSSR count). The molecule has 2 heterocycles. The molecule has 31 heavy (non-hydrogen) atoms. The number of methoxy groups -OCH3 is 1. The summed E-state index contributed by atoms with van der Waals surface area (Å²) in [5, 5.41) is 4.53. The summed E-state index contributed by atoms with van der Waals surface area (Å²) in [7, 11) is 1.41. The fourth-order valence-corrected chi connectivity index (χ4v) is 5.18. The Morgan fingerprint density at radius 2 is 2.19 bits per heavy atom. The molecule has 0 N–H and O–H groups in total. The summed E-state index contributed by atoms with van der Waals surface area (Å²) < 4.78 is 53.8. The van der Waals surface area contributed by atoms with Gasteiger partial charge in [-0.1, -0.05) is 29.4 Å². The van der Waals surface area contributed by atoms with E-state index in [4.69, 9.17) is 21.1 Å². The Morgan fingerprint density at radius 3 is 2.77 bits per heavy atom. The molecule has 1 saturated heterocycles. The van der Waals surface area contributed by atoms with Crippen molar-refractivity contribution >= 4 is 28.8 Å². The number of hydrogen-bond acceptors (Lipinski definition) is 5. The minimum Gasteiger partial charge on any atom is -0.496 e. The summed E-state index contributed by atoms with van der Waals surface area (Å²) in [6.45, 7) is 0.836. The number of carbonyl (C=O) groups excluding carboxylic acids is 1. The fourth-order valence-electron chi connectivity index (χ4n) is 3.83. The average Bonchev–Trinajstić information content (AvgIpc) is 3.30. The van der Waals surface area contributed by atoms with Crippen LogP contribution in [0.5, 0.6) is 5.75 Å². The molecule has 1 amide bonds. The second-order valence-corrected chi connectivity index (χ2v) is 9.09. The molecule has 1 saturated carbocycles. The summed E-state index contributed by atoms with van der Waals surface area (Å²) >= 11 is 6.81. The third kappa shape index (κ3) is 4.25. The van der Waals surface area contributed by atoms with Crippen molar-refractivity contribution in [2.75, 3.05) is 13.7 Å². The number of ether oxygens (including phenoxy) is 2. The number of nitrogens with zero attached hydrogens (tertiary/aromatic N) is 3. The Balaban J connectivity index is 1.77. The Hall–Kier alpha value is -1.91. The first-order valence-electron chi connectivity index (χ1n) is 9.93. The van der Waals surface area contributed by atoms with Gasteiger partial charge in [0.15, 0.2) is 0 Å². The van der Waals surface area contributed by atoms with E-state index >= 15 is 0 Å². The predicted molar refractivity (Wildman–Crippen MR) is 109 cm³/mol. The van der Waals surface area contributed by atoms with Crippen LogP contribution in [0, 0.1) is 0 Å². The molecule has 0 bridgehead atoms. The lowest BCUT2D eigenvalue weighted by Gasteiger charge is -2.40. The smallest absolute Gasteiger partial charge is 0.400 e. The van der Waals surface area contributed by atoms with Gasteiger partial charge in [0.05, 0.1) is 25.3 Å². The molecule has 2 fully saturated rings. The first-order valence-corrected chi connectivity index (χ1v) is 11.1. The van der Waals surface area contributed by atoms with Gasteiger partial charge in [-0.15, -0.1) is 0 Å². The van der Waals surface area contributed by atoms with Gasteiger partial charge >= 0.3 is 6.18 Å². The van der Waals surface area contributed by atoms with Crippen LogP contribution in [-0.2, 0) is 16.7 Å². The number of aromatic nitrogens is 2. The molecule has 1 aliphatic carbocycles. The maximum absolute atomic E-state index is 13.9. The van der Waals surface area contributed by atoms with Crippen molar-refractivity contribution in [1.82, 2.24) is 9.78 Å². The number of carbonyl (C=O) groups is 1. The monoisotopic (exact) mass is 475 g/mol. The van der Waals surface area contributed by atoms with Gasteiger partial charge in [0.1, 0.15) is 16.2 Å². The lowest BCUT2D eigenvalue weighted by atomic mass is 9.68. The van der Waals surface area contributed by atoms with Gasteiger partial charge in [0.25, 0.3) is 5.91 Å². The lowest BCUT2D eigenvalue weighted by molar-refractivity contribution is -0.213. The molecule has 1 aromatic carbocycles. The molecule has 0 radical (unpaired) electrons. The Labute approximate surface area is 185 Å². The van der Waals surface area contributed by atoms with E-state index in [1.807, 2.05) is 0 Å². The lowest BCUT2D eigenvalue weighted by Crippen LogP contribution is -2.48. The minimum absolute atomic E-state index is 0.0144. The predicted octanol–water partition coefficient (Wildman–Crippen LogP) is 4.51. The molecular formula is C20H21ClF3N3O3S. The third-order valence-corrected chi connectivity index (χ3v) is 7.15. The highest BCUT2D eigenvalue weighted by atomic mass is 35.5.